The van der Waals surface area contributed by atoms with E-state index in [2.05, 4.69) is 10.3 Å². The van der Waals surface area contributed by atoms with Crippen molar-refractivity contribution >= 4 is 28.8 Å². The fourth-order valence-corrected chi connectivity index (χ4v) is 2.12. The highest BCUT2D eigenvalue weighted by Crippen LogP contribution is 2.17. The molecule has 0 saturated heterocycles. The van der Waals surface area contributed by atoms with Gasteiger partial charge in [-0.2, -0.15) is 0 Å². The second-order valence-corrected chi connectivity index (χ2v) is 4.43. The molecule has 2 aromatic heterocycles. The van der Waals surface area contributed by atoms with E-state index >= 15 is 0 Å². The maximum atomic E-state index is 11.7. The molecule has 0 spiro atoms. The van der Waals surface area contributed by atoms with Gasteiger partial charge in [0, 0.05) is 4.88 Å². The van der Waals surface area contributed by atoms with Gasteiger partial charge in [0.1, 0.15) is 0 Å². The zero-order valence-corrected chi connectivity index (χ0v) is 10.1. The molecule has 2 aromatic rings. The Labute approximate surface area is 101 Å². The molecule has 0 aromatic carbocycles. The van der Waals surface area contributed by atoms with Crippen LogP contribution in [-0.4, -0.2) is 10.9 Å². The van der Waals surface area contributed by atoms with Crippen LogP contribution in [0.25, 0.3) is 0 Å². The van der Waals surface area contributed by atoms with E-state index in [-0.39, 0.29) is 11.1 Å². The van der Waals surface area contributed by atoms with Crippen LogP contribution in [0, 0.1) is 6.92 Å². The number of halogens is 1. The SMILES string of the molecule is Cc1ncsc1CNC(=O)c1ccoc1Cl. The molecule has 1 N–H and O–H groups in total. The summed E-state index contributed by atoms with van der Waals surface area (Å²) in [5, 5.41) is 2.87. The summed E-state index contributed by atoms with van der Waals surface area (Å²) in [6.45, 7) is 2.36. The summed E-state index contributed by atoms with van der Waals surface area (Å²) < 4.78 is 4.84. The van der Waals surface area contributed by atoms with Crippen LogP contribution in [0.5, 0.6) is 0 Å². The van der Waals surface area contributed by atoms with Crippen LogP contribution < -0.4 is 5.32 Å². The van der Waals surface area contributed by atoms with Crippen LogP contribution in [0.4, 0.5) is 0 Å². The number of aromatic nitrogens is 1. The number of aryl methyl sites for hydroxylation is 1. The van der Waals surface area contributed by atoms with Crippen LogP contribution in [-0.2, 0) is 6.54 Å². The summed E-state index contributed by atoms with van der Waals surface area (Å²) >= 11 is 7.20. The number of nitrogens with one attached hydrogen (secondary N) is 1. The minimum absolute atomic E-state index is 0.110. The Balaban J connectivity index is 1.99. The summed E-state index contributed by atoms with van der Waals surface area (Å²) in [4.78, 5) is 16.8. The van der Waals surface area contributed by atoms with Gasteiger partial charge in [0.15, 0.2) is 0 Å². The van der Waals surface area contributed by atoms with E-state index in [1.165, 1.54) is 23.7 Å². The van der Waals surface area contributed by atoms with Gasteiger partial charge in [0.05, 0.1) is 29.6 Å². The van der Waals surface area contributed by atoms with Crippen molar-refractivity contribution in [3.8, 4) is 0 Å². The number of rotatable bonds is 3. The van der Waals surface area contributed by atoms with E-state index < -0.39 is 0 Å². The number of thiazole rings is 1. The van der Waals surface area contributed by atoms with Gasteiger partial charge >= 0.3 is 0 Å². The Kier molecular flexibility index (Phi) is 3.26. The number of carbonyl (C=O) groups excluding carboxylic acids is 1. The average Bonchev–Trinajstić information content (AvgIpc) is 2.84. The van der Waals surface area contributed by atoms with Gasteiger partial charge in [0.2, 0.25) is 5.22 Å². The molecule has 0 fully saturated rings. The van der Waals surface area contributed by atoms with Crippen molar-refractivity contribution in [3.05, 3.63) is 39.2 Å². The smallest absolute Gasteiger partial charge is 0.256 e. The minimum atomic E-state index is -0.244. The third-order valence-electron chi connectivity index (χ3n) is 2.12. The summed E-state index contributed by atoms with van der Waals surface area (Å²) in [6, 6.07) is 1.54. The average molecular weight is 257 g/mol. The van der Waals surface area contributed by atoms with Gasteiger partial charge in [-0.1, -0.05) is 0 Å². The largest absolute Gasteiger partial charge is 0.452 e. The molecule has 1 amide bonds. The van der Waals surface area contributed by atoms with E-state index in [9.17, 15) is 4.79 Å². The topological polar surface area (TPSA) is 55.1 Å². The molecule has 0 bridgehead atoms. The molecule has 0 unspecified atom stereocenters. The quantitative estimate of drug-likeness (QED) is 0.919. The Hall–Kier alpha value is -1.33. The van der Waals surface area contributed by atoms with Crippen LogP contribution in [0.3, 0.4) is 0 Å². The lowest BCUT2D eigenvalue weighted by molar-refractivity contribution is 0.0951. The van der Waals surface area contributed by atoms with Crippen molar-refractivity contribution in [1.29, 1.82) is 0 Å². The molecule has 84 valence electrons. The van der Waals surface area contributed by atoms with Gasteiger partial charge in [-0.05, 0) is 24.6 Å². The van der Waals surface area contributed by atoms with Crippen molar-refractivity contribution in [2.24, 2.45) is 0 Å². The van der Waals surface area contributed by atoms with Crippen molar-refractivity contribution in [3.63, 3.8) is 0 Å². The molecule has 0 saturated carbocycles. The highest BCUT2D eigenvalue weighted by Gasteiger charge is 2.13. The maximum Gasteiger partial charge on any atom is 0.256 e. The zero-order valence-electron chi connectivity index (χ0n) is 8.49. The van der Waals surface area contributed by atoms with Gasteiger partial charge in [-0.25, -0.2) is 4.98 Å². The molecule has 2 heterocycles. The highest BCUT2D eigenvalue weighted by molar-refractivity contribution is 7.09. The fourth-order valence-electron chi connectivity index (χ4n) is 1.21. The molecule has 0 radical (unpaired) electrons. The van der Waals surface area contributed by atoms with Crippen LogP contribution in [0.1, 0.15) is 20.9 Å². The summed E-state index contributed by atoms with van der Waals surface area (Å²) in [5.41, 5.74) is 3.04. The van der Waals surface area contributed by atoms with E-state index in [0.717, 1.165) is 10.6 Å². The highest BCUT2D eigenvalue weighted by atomic mass is 35.5. The number of hydrogen-bond acceptors (Lipinski definition) is 4. The number of amides is 1. The number of furan rings is 1. The third-order valence-corrected chi connectivity index (χ3v) is 3.34. The minimum Gasteiger partial charge on any atom is -0.452 e. The van der Waals surface area contributed by atoms with Crippen LogP contribution in [0.15, 0.2) is 22.3 Å². The molecule has 0 aliphatic heterocycles. The first-order chi connectivity index (χ1) is 7.68. The Morgan fingerprint density at radius 2 is 2.50 bits per heavy atom. The van der Waals surface area contributed by atoms with Gasteiger partial charge in [0.25, 0.3) is 5.91 Å². The first-order valence-electron chi connectivity index (χ1n) is 4.58. The summed E-state index contributed by atoms with van der Waals surface area (Å²) in [7, 11) is 0. The maximum absolute atomic E-state index is 11.7. The van der Waals surface area contributed by atoms with E-state index in [1.54, 1.807) is 5.51 Å². The number of carbonyl (C=O) groups is 1. The van der Waals surface area contributed by atoms with E-state index in [1.807, 2.05) is 6.92 Å². The second kappa shape index (κ2) is 4.67. The molecular weight excluding hydrogens is 248 g/mol. The third kappa shape index (κ3) is 2.25. The van der Waals surface area contributed by atoms with Gasteiger partial charge in [-0.3, -0.25) is 4.79 Å². The second-order valence-electron chi connectivity index (χ2n) is 3.15. The predicted octanol–water partition coefficient (Wildman–Crippen LogP) is 2.63. The Morgan fingerprint density at radius 3 is 3.06 bits per heavy atom. The Bertz CT molecular complexity index is 506. The van der Waals surface area contributed by atoms with Gasteiger partial charge in [-0.15, -0.1) is 11.3 Å². The monoisotopic (exact) mass is 256 g/mol. The van der Waals surface area contributed by atoms with Crippen molar-refractivity contribution in [2.75, 3.05) is 0 Å². The molecule has 2 rings (SSSR count). The standard InChI is InChI=1S/C10H9ClN2O2S/c1-6-8(16-5-13-6)4-12-10(14)7-2-3-15-9(7)11/h2-3,5H,4H2,1H3,(H,12,14). The van der Waals surface area contributed by atoms with Crippen molar-refractivity contribution < 1.29 is 9.21 Å². The lowest BCUT2D eigenvalue weighted by Gasteiger charge is -2.02. The molecule has 0 aliphatic rings. The molecule has 0 aliphatic carbocycles. The lowest BCUT2D eigenvalue weighted by atomic mass is 10.3. The van der Waals surface area contributed by atoms with Crippen molar-refractivity contribution in [2.45, 2.75) is 13.5 Å². The normalized spacial score (nSPS) is 10.4. The zero-order chi connectivity index (χ0) is 11.5. The first kappa shape index (κ1) is 11.2. The molecule has 4 nitrogen and oxygen atoms in total. The predicted molar refractivity (Wildman–Crippen MR) is 61.7 cm³/mol. The van der Waals surface area contributed by atoms with Gasteiger partial charge < -0.3 is 9.73 Å². The summed E-state index contributed by atoms with van der Waals surface area (Å²) in [5.74, 6) is -0.244. The van der Waals surface area contributed by atoms with E-state index in [4.69, 9.17) is 16.0 Å². The number of hydrogen-bond donors (Lipinski definition) is 1. The van der Waals surface area contributed by atoms with Crippen LogP contribution in [0.2, 0.25) is 5.22 Å². The molecular formula is C10H9ClN2O2S. The van der Waals surface area contributed by atoms with Crippen LogP contribution >= 0.6 is 22.9 Å². The Morgan fingerprint density at radius 1 is 1.69 bits per heavy atom. The fraction of sp³-hybridized carbons (Fsp3) is 0.200. The van der Waals surface area contributed by atoms with Crippen molar-refractivity contribution in [1.82, 2.24) is 10.3 Å². The first-order valence-corrected chi connectivity index (χ1v) is 5.84. The number of nitrogens with zero attached hydrogens (tertiary/aromatic N) is 1. The molecule has 16 heavy (non-hydrogen) atoms. The van der Waals surface area contributed by atoms with E-state index in [0.29, 0.717) is 12.1 Å². The molecule has 6 heteroatoms. The lowest BCUT2D eigenvalue weighted by Crippen LogP contribution is -2.22. The molecule has 0 atom stereocenters. The summed E-state index contributed by atoms with van der Waals surface area (Å²) in [6.07, 6.45) is 1.38.